The average molecular weight is 768 g/mol. The van der Waals surface area contributed by atoms with Gasteiger partial charge < -0.3 is 9.52 Å². The van der Waals surface area contributed by atoms with E-state index in [0.717, 1.165) is 77.6 Å². The van der Waals surface area contributed by atoms with E-state index in [4.69, 9.17) is 14.4 Å². The van der Waals surface area contributed by atoms with Crippen LogP contribution >= 0.6 is 0 Å². The van der Waals surface area contributed by atoms with E-state index in [1.54, 1.807) is 6.07 Å². The first-order chi connectivity index (χ1) is 28.4. The maximum Gasteiger partial charge on any atom is 0.161 e. The highest BCUT2D eigenvalue weighted by molar-refractivity contribution is 6.20. The molecule has 0 atom stereocenters. The molecular weight excluding hydrogens is 723 g/mol. The normalized spacial score (nSPS) is 12.3. The van der Waals surface area contributed by atoms with Crippen LogP contribution in [0.3, 0.4) is 0 Å². The predicted molar refractivity (Wildman–Crippen MR) is 244 cm³/mol. The molecule has 0 aliphatic carbocycles. The molecule has 1 N–H and O–H groups in total. The minimum absolute atomic E-state index is 0.0576. The third-order valence-electron chi connectivity index (χ3n) is 11.7. The van der Waals surface area contributed by atoms with E-state index in [0.29, 0.717) is 11.4 Å². The second-order valence-electron chi connectivity index (χ2n) is 17.7. The van der Waals surface area contributed by atoms with E-state index in [-0.39, 0.29) is 16.6 Å². The monoisotopic (exact) mass is 767 g/mol. The number of rotatable bonds is 5. The molecule has 0 aliphatic rings. The van der Waals surface area contributed by atoms with Crippen molar-refractivity contribution in [1.82, 2.24) is 14.5 Å². The van der Waals surface area contributed by atoms with Gasteiger partial charge in [-0.15, -0.1) is 0 Å². The Bertz CT molecular complexity index is 3250. The Morgan fingerprint density at radius 2 is 1.29 bits per heavy atom. The molecule has 59 heavy (non-hydrogen) atoms. The van der Waals surface area contributed by atoms with Gasteiger partial charge in [-0.05, 0) is 98.5 Å². The van der Waals surface area contributed by atoms with Crippen molar-refractivity contribution in [2.24, 2.45) is 0 Å². The summed E-state index contributed by atoms with van der Waals surface area (Å²) in [5, 5.41) is 15.9. The number of para-hydroxylation sites is 2. The number of hydrogen-bond donors (Lipinski definition) is 1. The van der Waals surface area contributed by atoms with Gasteiger partial charge in [0, 0.05) is 33.7 Å². The molecule has 0 amide bonds. The first-order valence-electron chi connectivity index (χ1n) is 20.3. The molecule has 10 aromatic rings. The van der Waals surface area contributed by atoms with Gasteiger partial charge in [0.1, 0.15) is 22.9 Å². The lowest BCUT2D eigenvalue weighted by atomic mass is 9.83. The minimum Gasteiger partial charge on any atom is -0.507 e. The van der Waals surface area contributed by atoms with Gasteiger partial charge in [0.2, 0.25) is 0 Å². The van der Waals surface area contributed by atoms with Crippen LogP contribution in [0.5, 0.6) is 5.75 Å². The lowest BCUT2D eigenvalue weighted by Gasteiger charge is -2.23. The molecule has 3 aromatic heterocycles. The summed E-state index contributed by atoms with van der Waals surface area (Å²) >= 11 is 0. The van der Waals surface area contributed by atoms with Crippen molar-refractivity contribution in [1.29, 1.82) is 0 Å². The summed E-state index contributed by atoms with van der Waals surface area (Å²) in [6.07, 6.45) is 1.90. The molecular formula is C54H45N3O2. The third kappa shape index (κ3) is 6.16. The number of fused-ring (bicyclic) bond motifs is 6. The van der Waals surface area contributed by atoms with Crippen molar-refractivity contribution in [3.05, 3.63) is 169 Å². The molecule has 0 saturated carbocycles. The Hall–Kier alpha value is -6.98. The Kier molecular flexibility index (Phi) is 8.36. The molecule has 5 heteroatoms. The van der Waals surface area contributed by atoms with Crippen LogP contribution in [0.15, 0.2) is 162 Å². The van der Waals surface area contributed by atoms with Crippen LogP contribution < -0.4 is 0 Å². The number of phenolic OH excluding ortho intramolecular Hbond substituents is 1. The van der Waals surface area contributed by atoms with Gasteiger partial charge in [0.15, 0.2) is 5.58 Å². The number of aromatic nitrogens is 3. The molecule has 0 unspecified atom stereocenters. The van der Waals surface area contributed by atoms with Crippen LogP contribution in [0.1, 0.15) is 52.7 Å². The van der Waals surface area contributed by atoms with E-state index in [1.165, 1.54) is 16.5 Å². The summed E-state index contributed by atoms with van der Waals surface area (Å²) in [6, 6.07) is 52.6. The summed E-state index contributed by atoms with van der Waals surface area (Å²) in [5.41, 5.74) is 13.2. The van der Waals surface area contributed by atoms with Crippen molar-refractivity contribution < 1.29 is 9.52 Å². The first kappa shape index (κ1) is 36.4. The summed E-state index contributed by atoms with van der Waals surface area (Å²) < 4.78 is 8.91. The van der Waals surface area contributed by atoms with Crippen molar-refractivity contribution in [2.75, 3.05) is 0 Å². The molecule has 0 radical (unpaired) electrons. The van der Waals surface area contributed by atoms with Gasteiger partial charge in [0.25, 0.3) is 0 Å². The van der Waals surface area contributed by atoms with E-state index >= 15 is 0 Å². The third-order valence-corrected chi connectivity index (χ3v) is 11.7. The fourth-order valence-corrected chi connectivity index (χ4v) is 8.50. The number of phenols is 1. The second kappa shape index (κ2) is 13.6. The molecule has 0 saturated heterocycles. The van der Waals surface area contributed by atoms with Gasteiger partial charge >= 0.3 is 0 Å². The number of benzene rings is 7. The smallest absolute Gasteiger partial charge is 0.161 e. The maximum atomic E-state index is 11.4. The Labute approximate surface area is 344 Å². The van der Waals surface area contributed by atoms with Gasteiger partial charge in [-0.3, -0.25) is 9.55 Å². The van der Waals surface area contributed by atoms with Gasteiger partial charge in [-0.1, -0.05) is 139 Å². The van der Waals surface area contributed by atoms with E-state index in [9.17, 15) is 5.11 Å². The van der Waals surface area contributed by atoms with Crippen LogP contribution in [0.4, 0.5) is 0 Å². The molecule has 0 fully saturated rings. The summed E-state index contributed by atoms with van der Waals surface area (Å²) in [6.45, 7) is 13.5. The number of aromatic hydroxyl groups is 1. The highest BCUT2D eigenvalue weighted by Crippen LogP contribution is 2.44. The molecule has 0 bridgehead atoms. The Balaban J connectivity index is 1.24. The van der Waals surface area contributed by atoms with Gasteiger partial charge in [-0.25, -0.2) is 4.98 Å². The summed E-state index contributed by atoms with van der Waals surface area (Å²) in [4.78, 5) is 10.5. The molecule has 3 heterocycles. The zero-order valence-electron chi connectivity index (χ0n) is 34.2. The second-order valence-corrected chi connectivity index (χ2v) is 17.7. The van der Waals surface area contributed by atoms with Gasteiger partial charge in [0.05, 0.1) is 22.3 Å². The van der Waals surface area contributed by atoms with Crippen molar-refractivity contribution >= 4 is 43.7 Å². The summed E-state index contributed by atoms with van der Waals surface area (Å²) in [5.74, 6) is 0.840. The predicted octanol–water partition coefficient (Wildman–Crippen LogP) is 14.4. The fourth-order valence-electron chi connectivity index (χ4n) is 8.50. The van der Waals surface area contributed by atoms with Crippen molar-refractivity contribution in [2.45, 2.75) is 52.4 Å². The maximum absolute atomic E-state index is 11.4. The first-order valence-corrected chi connectivity index (χ1v) is 20.3. The Morgan fingerprint density at radius 3 is 2.08 bits per heavy atom. The molecule has 7 aromatic carbocycles. The minimum atomic E-state index is -0.170. The highest BCUT2D eigenvalue weighted by atomic mass is 16.3. The van der Waals surface area contributed by atoms with Crippen LogP contribution in [-0.2, 0) is 10.8 Å². The number of imidazole rings is 1. The number of nitrogens with zero attached hydrogens (tertiary/aromatic N) is 3. The van der Waals surface area contributed by atoms with Crippen molar-refractivity contribution in [3.8, 4) is 56.3 Å². The average Bonchev–Trinajstić information content (AvgIpc) is 3.82. The van der Waals surface area contributed by atoms with Crippen LogP contribution in [-0.4, -0.2) is 19.6 Å². The summed E-state index contributed by atoms with van der Waals surface area (Å²) in [7, 11) is 0. The number of hydrogen-bond acceptors (Lipinski definition) is 4. The Morgan fingerprint density at radius 1 is 0.559 bits per heavy atom. The van der Waals surface area contributed by atoms with Gasteiger partial charge in [-0.2, -0.15) is 0 Å². The van der Waals surface area contributed by atoms with E-state index in [2.05, 4.69) is 174 Å². The van der Waals surface area contributed by atoms with Crippen molar-refractivity contribution in [3.63, 3.8) is 0 Å². The lowest BCUT2D eigenvalue weighted by Crippen LogP contribution is -2.12. The standard InChI is InChI=1S/C54H45N3O2/c1-53(2,3)37-24-25-44(43(32-37)33-15-8-7-9-16-33)57-45-21-14-20-40(50(45)56-52(57)41-19-12-13-22-46(41)58)35-29-36(31-38(30-35)54(4,5)6)49-51-42(27-28-55-49)48-39-18-11-10-17-34(39)23-26-47(48)59-51/h7-32,58H,1-6H3. The molecule has 5 nitrogen and oxygen atoms in total. The highest BCUT2D eigenvalue weighted by Gasteiger charge is 2.25. The SMILES string of the molecule is CC(C)(C)c1cc(-c2cccc3c2nc(-c2ccccc2O)n3-c2ccc(C(C)(C)C)cc2-c2ccccc2)cc(-c2nccc3c2oc2ccc4ccccc4c23)c1. The topological polar surface area (TPSA) is 64.1 Å². The van der Waals surface area contributed by atoms with Crippen LogP contribution in [0.25, 0.3) is 94.3 Å². The molecule has 0 spiro atoms. The largest absolute Gasteiger partial charge is 0.507 e. The zero-order chi connectivity index (χ0) is 40.6. The molecule has 288 valence electrons. The van der Waals surface area contributed by atoms with Crippen LogP contribution in [0.2, 0.25) is 0 Å². The number of furan rings is 1. The quantitative estimate of drug-likeness (QED) is 0.189. The fraction of sp³-hybridized carbons (Fsp3) is 0.148. The number of pyridine rings is 1. The van der Waals surface area contributed by atoms with Crippen LogP contribution in [0, 0.1) is 0 Å². The molecule has 0 aliphatic heterocycles. The molecule has 10 rings (SSSR count). The lowest BCUT2D eigenvalue weighted by molar-refractivity contribution is 0.477. The van der Waals surface area contributed by atoms with E-state index in [1.807, 2.05) is 24.4 Å². The zero-order valence-corrected chi connectivity index (χ0v) is 34.2. The van der Waals surface area contributed by atoms with E-state index < -0.39 is 0 Å².